The molecule has 0 saturated heterocycles. The summed E-state index contributed by atoms with van der Waals surface area (Å²) in [4.78, 5) is 22.9. The predicted molar refractivity (Wildman–Crippen MR) is 100.0 cm³/mol. The van der Waals surface area contributed by atoms with Crippen LogP contribution in [0.2, 0.25) is 0 Å². The number of nitrogens with zero attached hydrogens (tertiary/aromatic N) is 1. The van der Waals surface area contributed by atoms with Crippen LogP contribution in [0.25, 0.3) is 0 Å². The molecule has 0 spiro atoms. The molecule has 1 fully saturated rings. The summed E-state index contributed by atoms with van der Waals surface area (Å²) in [5.41, 5.74) is 5.21. The van der Waals surface area contributed by atoms with Crippen molar-refractivity contribution in [3.63, 3.8) is 0 Å². The Labute approximate surface area is 154 Å². The topological polar surface area (TPSA) is 96.3 Å². The van der Waals surface area contributed by atoms with E-state index in [0.29, 0.717) is 27.9 Å². The summed E-state index contributed by atoms with van der Waals surface area (Å²) in [6.07, 6.45) is 6.70. The largest absolute Gasteiger partial charge is 0.358 e. The Morgan fingerprint density at radius 2 is 2.08 bits per heavy atom. The van der Waals surface area contributed by atoms with Crippen LogP contribution < -0.4 is 16.2 Å². The van der Waals surface area contributed by atoms with Gasteiger partial charge in [-0.1, -0.05) is 24.3 Å². The number of hydrogen-bond donors (Lipinski definition) is 3. The fourth-order valence-corrected chi connectivity index (χ4v) is 4.21. The predicted octanol–water partition coefficient (Wildman–Crippen LogP) is 2.15. The van der Waals surface area contributed by atoms with Crippen LogP contribution >= 0.6 is 24.0 Å². The van der Waals surface area contributed by atoms with Crippen LogP contribution in [0.15, 0.2) is 41.3 Å². The Morgan fingerprint density at radius 3 is 2.76 bits per heavy atom. The van der Waals surface area contributed by atoms with Gasteiger partial charge in [0, 0.05) is 12.1 Å². The highest BCUT2D eigenvalue weighted by Crippen LogP contribution is 2.38. The van der Waals surface area contributed by atoms with Gasteiger partial charge in [-0.25, -0.2) is 0 Å². The molecule has 3 N–H and O–H groups in total. The number of thioether (sulfide) groups is 1. The highest BCUT2D eigenvalue weighted by Gasteiger charge is 2.35. The molecule has 3 rings (SSSR count). The van der Waals surface area contributed by atoms with Crippen molar-refractivity contribution in [2.45, 2.75) is 23.8 Å². The van der Waals surface area contributed by atoms with Crippen LogP contribution in [0.5, 0.6) is 0 Å². The molecule has 0 radical (unpaired) electrons. The van der Waals surface area contributed by atoms with Crippen LogP contribution in [0.1, 0.15) is 12.8 Å². The van der Waals surface area contributed by atoms with Gasteiger partial charge >= 0.3 is 0 Å². The number of nitro benzene ring substituents is 1. The van der Waals surface area contributed by atoms with E-state index in [-0.39, 0.29) is 17.3 Å². The zero-order chi connectivity index (χ0) is 17.8. The van der Waals surface area contributed by atoms with E-state index in [0.717, 1.165) is 18.2 Å². The van der Waals surface area contributed by atoms with Crippen LogP contribution in [-0.2, 0) is 4.79 Å². The number of para-hydroxylation sites is 1. The van der Waals surface area contributed by atoms with Gasteiger partial charge in [0.25, 0.3) is 5.69 Å². The molecule has 3 atom stereocenters. The molecule has 132 valence electrons. The van der Waals surface area contributed by atoms with E-state index in [1.54, 1.807) is 18.2 Å². The van der Waals surface area contributed by atoms with Gasteiger partial charge in [-0.15, -0.1) is 11.8 Å². The fourth-order valence-electron chi connectivity index (χ4n) is 3.19. The van der Waals surface area contributed by atoms with Crippen molar-refractivity contribution in [2.75, 3.05) is 5.75 Å². The van der Waals surface area contributed by atoms with Crippen LogP contribution in [0.4, 0.5) is 5.69 Å². The summed E-state index contributed by atoms with van der Waals surface area (Å²) in [7, 11) is 0. The lowest BCUT2D eigenvalue weighted by molar-refractivity contribution is -0.387. The number of hydrogen-bond acceptors (Lipinski definition) is 5. The van der Waals surface area contributed by atoms with E-state index in [2.05, 4.69) is 28.3 Å². The maximum Gasteiger partial charge on any atom is 0.282 e. The van der Waals surface area contributed by atoms with Gasteiger partial charge in [-0.2, -0.15) is 0 Å². The monoisotopic (exact) mass is 378 g/mol. The minimum Gasteiger partial charge on any atom is -0.358 e. The standard InChI is InChI=1S/C16H18N4O3S2/c21-15(9-25-14-4-2-1-3-13(14)20(22)23)18-19-16(24)17-12-8-10-5-6-11(12)7-10/h1-6,10-12H,7-9H2,(H,18,21)(H2,17,19,24)/t10-,11-,12+/m0/s1. The van der Waals surface area contributed by atoms with Gasteiger partial charge in [0.2, 0.25) is 5.91 Å². The van der Waals surface area contributed by atoms with E-state index in [9.17, 15) is 14.9 Å². The van der Waals surface area contributed by atoms with Gasteiger partial charge in [-0.05, 0) is 43.0 Å². The van der Waals surface area contributed by atoms with Gasteiger partial charge in [0.15, 0.2) is 5.11 Å². The van der Waals surface area contributed by atoms with E-state index in [1.165, 1.54) is 12.5 Å². The van der Waals surface area contributed by atoms with E-state index < -0.39 is 4.92 Å². The molecule has 2 aliphatic rings. The average molecular weight is 378 g/mol. The lowest BCUT2D eigenvalue weighted by Crippen LogP contribution is -2.50. The smallest absolute Gasteiger partial charge is 0.282 e. The molecule has 2 aliphatic carbocycles. The van der Waals surface area contributed by atoms with Crippen molar-refractivity contribution in [1.29, 1.82) is 0 Å². The number of allylic oxidation sites excluding steroid dienone is 1. The van der Waals surface area contributed by atoms with Gasteiger partial charge < -0.3 is 5.32 Å². The zero-order valence-electron chi connectivity index (χ0n) is 13.3. The Morgan fingerprint density at radius 1 is 1.28 bits per heavy atom. The summed E-state index contributed by atoms with van der Waals surface area (Å²) in [5.74, 6) is 0.893. The maximum absolute atomic E-state index is 11.9. The number of amides is 1. The van der Waals surface area contributed by atoms with E-state index >= 15 is 0 Å². The molecule has 25 heavy (non-hydrogen) atoms. The molecule has 9 heteroatoms. The summed E-state index contributed by atoms with van der Waals surface area (Å²) in [6, 6.07) is 6.65. The molecular formula is C16H18N4O3S2. The minimum absolute atomic E-state index is 0.00483. The zero-order valence-corrected chi connectivity index (χ0v) is 14.9. The lowest BCUT2D eigenvalue weighted by atomic mass is 10.0. The number of carbonyl (C=O) groups excluding carboxylic acids is 1. The highest BCUT2D eigenvalue weighted by molar-refractivity contribution is 8.00. The number of thiocarbonyl (C=S) groups is 1. The quantitative estimate of drug-likeness (QED) is 0.237. The fraction of sp³-hybridized carbons (Fsp3) is 0.375. The Kier molecular flexibility index (Phi) is 5.54. The number of benzene rings is 1. The highest BCUT2D eigenvalue weighted by atomic mass is 32.2. The van der Waals surface area contributed by atoms with E-state index in [1.807, 2.05) is 0 Å². The van der Waals surface area contributed by atoms with Gasteiger partial charge in [0.1, 0.15) is 0 Å². The first kappa shape index (κ1) is 17.7. The van der Waals surface area contributed by atoms with Crippen molar-refractivity contribution < 1.29 is 9.72 Å². The third-order valence-electron chi connectivity index (χ3n) is 4.33. The molecule has 2 bridgehead atoms. The number of hydrazine groups is 1. The number of nitrogens with one attached hydrogen (secondary N) is 3. The minimum atomic E-state index is -0.457. The maximum atomic E-state index is 11.9. The summed E-state index contributed by atoms with van der Waals surface area (Å²) < 4.78 is 0. The van der Waals surface area contributed by atoms with Crippen LogP contribution in [0.3, 0.4) is 0 Å². The summed E-state index contributed by atoms with van der Waals surface area (Å²) in [6.45, 7) is 0. The second-order valence-electron chi connectivity index (χ2n) is 6.05. The molecule has 7 nitrogen and oxygen atoms in total. The molecule has 1 saturated carbocycles. The second-order valence-corrected chi connectivity index (χ2v) is 7.47. The van der Waals surface area contributed by atoms with Crippen LogP contribution in [-0.4, -0.2) is 27.7 Å². The number of rotatable bonds is 5. The van der Waals surface area contributed by atoms with Crippen molar-refractivity contribution in [3.05, 3.63) is 46.5 Å². The first-order valence-corrected chi connectivity index (χ1v) is 9.32. The first-order valence-electron chi connectivity index (χ1n) is 7.93. The van der Waals surface area contributed by atoms with E-state index in [4.69, 9.17) is 12.2 Å². The van der Waals surface area contributed by atoms with Crippen molar-refractivity contribution in [1.82, 2.24) is 16.2 Å². The molecule has 1 amide bonds. The second kappa shape index (κ2) is 7.83. The SMILES string of the molecule is O=C(CSc1ccccc1[N+](=O)[O-])NNC(=S)N[C@@H]1C[C@H]2C=C[C@H]1C2. The lowest BCUT2D eigenvalue weighted by Gasteiger charge is -2.21. The molecular weight excluding hydrogens is 360 g/mol. The Bertz CT molecular complexity index is 725. The molecule has 1 aromatic rings. The molecule has 1 aromatic carbocycles. The van der Waals surface area contributed by atoms with Crippen molar-refractivity contribution in [3.8, 4) is 0 Å². The van der Waals surface area contributed by atoms with Gasteiger partial charge in [-0.3, -0.25) is 25.8 Å². The molecule has 0 heterocycles. The molecule has 0 aliphatic heterocycles. The third kappa shape index (κ3) is 4.49. The van der Waals surface area contributed by atoms with Crippen LogP contribution in [0, 0.1) is 22.0 Å². The molecule has 0 unspecified atom stereocenters. The normalized spacial score (nSPS) is 23.3. The van der Waals surface area contributed by atoms with Gasteiger partial charge in [0.05, 0.1) is 15.6 Å². The average Bonchev–Trinajstić information content (AvgIpc) is 3.21. The molecule has 0 aromatic heterocycles. The Hall–Kier alpha value is -2.13. The Balaban J connectivity index is 1.40. The first-order chi connectivity index (χ1) is 12.0. The summed E-state index contributed by atoms with van der Waals surface area (Å²) in [5, 5.41) is 14.6. The number of carbonyl (C=O) groups is 1. The number of fused-ring (bicyclic) bond motifs is 2. The van der Waals surface area contributed by atoms with Crippen molar-refractivity contribution in [2.24, 2.45) is 11.8 Å². The number of nitro groups is 1. The summed E-state index contributed by atoms with van der Waals surface area (Å²) >= 11 is 6.31. The van der Waals surface area contributed by atoms with Crippen molar-refractivity contribution >= 4 is 40.7 Å². The third-order valence-corrected chi connectivity index (χ3v) is 5.61.